The highest BCUT2D eigenvalue weighted by molar-refractivity contribution is 6.35. The number of methoxy groups -OCH3 is 1. The first kappa shape index (κ1) is 25.1. The summed E-state index contributed by atoms with van der Waals surface area (Å²) in [5, 5.41) is 5.35. The Morgan fingerprint density at radius 3 is 2.39 bits per heavy atom. The summed E-state index contributed by atoms with van der Waals surface area (Å²) in [6.07, 6.45) is 3.50. The lowest BCUT2D eigenvalue weighted by atomic mass is 10.1. The number of nitrogens with zero attached hydrogens (tertiary/aromatic N) is 3. The van der Waals surface area contributed by atoms with Crippen molar-refractivity contribution in [2.24, 2.45) is 0 Å². The summed E-state index contributed by atoms with van der Waals surface area (Å²) in [6.45, 7) is 3.54. The van der Waals surface area contributed by atoms with E-state index in [1.165, 1.54) is 12.1 Å². The molecule has 1 saturated heterocycles. The SMILES string of the molecule is COc1ccccc1N1CCN([C@@H](CNC(=O)C(=O)NCc2ccc(F)cc2)c2cccnc2)CC1. The van der Waals surface area contributed by atoms with E-state index in [0.29, 0.717) is 5.56 Å². The summed E-state index contributed by atoms with van der Waals surface area (Å²) in [4.78, 5) is 33.7. The van der Waals surface area contributed by atoms with Crippen LogP contribution in [0.2, 0.25) is 0 Å². The van der Waals surface area contributed by atoms with Crippen LogP contribution < -0.4 is 20.3 Å². The highest BCUT2D eigenvalue weighted by atomic mass is 19.1. The van der Waals surface area contributed by atoms with Crippen LogP contribution in [-0.4, -0.2) is 61.5 Å². The van der Waals surface area contributed by atoms with Crippen molar-refractivity contribution in [3.05, 3.63) is 90.0 Å². The largest absolute Gasteiger partial charge is 0.495 e. The second-order valence-corrected chi connectivity index (χ2v) is 8.52. The van der Waals surface area contributed by atoms with Crippen LogP contribution in [0.15, 0.2) is 73.1 Å². The molecule has 1 fully saturated rings. The Morgan fingerprint density at radius 2 is 1.69 bits per heavy atom. The third kappa shape index (κ3) is 6.37. The Kier molecular flexibility index (Phi) is 8.46. The van der Waals surface area contributed by atoms with Gasteiger partial charge in [0.25, 0.3) is 0 Å². The first-order chi connectivity index (χ1) is 17.5. The molecule has 1 atom stereocenters. The van der Waals surface area contributed by atoms with Crippen molar-refractivity contribution >= 4 is 17.5 Å². The van der Waals surface area contributed by atoms with Gasteiger partial charge in [-0.05, 0) is 41.5 Å². The number of benzene rings is 2. The minimum atomic E-state index is -0.731. The van der Waals surface area contributed by atoms with Gasteiger partial charge >= 0.3 is 11.8 Å². The molecule has 2 amide bonds. The molecule has 0 saturated carbocycles. The number of halogens is 1. The highest BCUT2D eigenvalue weighted by Crippen LogP contribution is 2.30. The van der Waals surface area contributed by atoms with E-state index < -0.39 is 11.8 Å². The lowest BCUT2D eigenvalue weighted by Gasteiger charge is -2.40. The van der Waals surface area contributed by atoms with Crippen LogP contribution in [0.4, 0.5) is 10.1 Å². The van der Waals surface area contributed by atoms with Crippen molar-refractivity contribution in [2.45, 2.75) is 12.6 Å². The first-order valence-electron chi connectivity index (χ1n) is 11.9. The van der Waals surface area contributed by atoms with Gasteiger partial charge in [-0.1, -0.05) is 30.3 Å². The van der Waals surface area contributed by atoms with E-state index in [1.54, 1.807) is 31.6 Å². The number of pyridine rings is 1. The molecule has 0 radical (unpaired) electrons. The topological polar surface area (TPSA) is 86.8 Å². The van der Waals surface area contributed by atoms with E-state index in [9.17, 15) is 14.0 Å². The predicted molar refractivity (Wildman–Crippen MR) is 135 cm³/mol. The molecule has 2 heterocycles. The number of amides is 2. The molecular formula is C27H30FN5O3. The van der Waals surface area contributed by atoms with E-state index in [4.69, 9.17) is 4.74 Å². The summed E-state index contributed by atoms with van der Waals surface area (Å²) >= 11 is 0. The average molecular weight is 492 g/mol. The third-order valence-electron chi connectivity index (χ3n) is 6.28. The lowest BCUT2D eigenvalue weighted by molar-refractivity contribution is -0.139. The summed E-state index contributed by atoms with van der Waals surface area (Å²) in [7, 11) is 1.67. The molecule has 1 aliphatic heterocycles. The average Bonchev–Trinajstić information content (AvgIpc) is 2.93. The van der Waals surface area contributed by atoms with Gasteiger partial charge < -0.3 is 20.3 Å². The van der Waals surface area contributed by atoms with E-state index >= 15 is 0 Å². The summed E-state index contributed by atoms with van der Waals surface area (Å²) < 4.78 is 18.6. The summed E-state index contributed by atoms with van der Waals surface area (Å²) in [6, 6.07) is 17.4. The Balaban J connectivity index is 1.36. The quantitative estimate of drug-likeness (QED) is 0.471. The molecule has 188 valence electrons. The first-order valence-corrected chi connectivity index (χ1v) is 11.9. The van der Waals surface area contributed by atoms with Crippen molar-refractivity contribution in [1.82, 2.24) is 20.5 Å². The van der Waals surface area contributed by atoms with E-state index in [2.05, 4.69) is 31.5 Å². The Bertz CT molecular complexity index is 1150. The van der Waals surface area contributed by atoms with Gasteiger partial charge in [0, 0.05) is 51.7 Å². The molecule has 2 N–H and O–H groups in total. The van der Waals surface area contributed by atoms with Crippen LogP contribution >= 0.6 is 0 Å². The zero-order valence-corrected chi connectivity index (χ0v) is 20.2. The van der Waals surface area contributed by atoms with Crippen molar-refractivity contribution in [3.63, 3.8) is 0 Å². The number of hydrogen-bond acceptors (Lipinski definition) is 6. The van der Waals surface area contributed by atoms with Gasteiger partial charge in [-0.2, -0.15) is 0 Å². The monoisotopic (exact) mass is 491 g/mol. The molecule has 0 aliphatic carbocycles. The molecular weight excluding hydrogens is 461 g/mol. The van der Waals surface area contributed by atoms with Gasteiger partial charge in [0.2, 0.25) is 0 Å². The highest BCUT2D eigenvalue weighted by Gasteiger charge is 2.27. The van der Waals surface area contributed by atoms with Gasteiger partial charge in [0.1, 0.15) is 11.6 Å². The van der Waals surface area contributed by atoms with Crippen molar-refractivity contribution in [1.29, 1.82) is 0 Å². The molecule has 2 aromatic carbocycles. The summed E-state index contributed by atoms with van der Waals surface area (Å²) in [5.41, 5.74) is 2.73. The molecule has 36 heavy (non-hydrogen) atoms. The predicted octanol–water partition coefficient (Wildman–Crippen LogP) is 2.53. The maximum Gasteiger partial charge on any atom is 0.309 e. The number of carbonyl (C=O) groups is 2. The Labute approximate surface area is 210 Å². The fraction of sp³-hybridized carbons (Fsp3) is 0.296. The van der Waals surface area contributed by atoms with Gasteiger partial charge in [-0.15, -0.1) is 0 Å². The van der Waals surface area contributed by atoms with Crippen LogP contribution in [-0.2, 0) is 16.1 Å². The minimum Gasteiger partial charge on any atom is -0.495 e. The Hall–Kier alpha value is -3.98. The molecule has 1 aliphatic rings. The fourth-order valence-corrected chi connectivity index (χ4v) is 4.33. The Morgan fingerprint density at radius 1 is 0.972 bits per heavy atom. The van der Waals surface area contributed by atoms with Gasteiger partial charge in [0.05, 0.1) is 18.8 Å². The number of anilines is 1. The number of carbonyl (C=O) groups excluding carboxylic acids is 2. The van der Waals surface area contributed by atoms with Crippen LogP contribution in [0.25, 0.3) is 0 Å². The van der Waals surface area contributed by atoms with E-state index in [-0.39, 0.29) is 24.9 Å². The van der Waals surface area contributed by atoms with E-state index in [0.717, 1.165) is 43.2 Å². The van der Waals surface area contributed by atoms with Crippen LogP contribution in [0.3, 0.4) is 0 Å². The molecule has 0 unspecified atom stereocenters. The zero-order chi connectivity index (χ0) is 25.3. The summed E-state index contributed by atoms with van der Waals surface area (Å²) in [5.74, 6) is -0.953. The molecule has 0 spiro atoms. The van der Waals surface area contributed by atoms with Crippen molar-refractivity contribution < 1.29 is 18.7 Å². The lowest BCUT2D eigenvalue weighted by Crippen LogP contribution is -2.51. The molecule has 0 bridgehead atoms. The van der Waals surface area contributed by atoms with Crippen LogP contribution in [0, 0.1) is 5.82 Å². The standard InChI is InChI=1S/C27H30FN5O3/c1-36-25-7-3-2-6-23(25)32-13-15-33(16-14-32)24(21-5-4-12-29-18-21)19-31-27(35)26(34)30-17-20-8-10-22(28)11-9-20/h2-12,18,24H,13-17,19H2,1H3,(H,30,34)(H,31,35)/t24-/m0/s1. The normalized spacial score (nSPS) is 14.7. The number of ether oxygens (including phenoxy) is 1. The van der Waals surface area contributed by atoms with E-state index in [1.807, 2.05) is 30.3 Å². The molecule has 4 rings (SSSR count). The number of aromatic nitrogens is 1. The van der Waals surface area contributed by atoms with Crippen LogP contribution in [0.5, 0.6) is 5.75 Å². The van der Waals surface area contributed by atoms with Gasteiger partial charge in [-0.3, -0.25) is 19.5 Å². The number of hydrogen-bond donors (Lipinski definition) is 2. The van der Waals surface area contributed by atoms with Crippen molar-refractivity contribution in [3.8, 4) is 5.75 Å². The molecule has 8 nitrogen and oxygen atoms in total. The number of nitrogens with one attached hydrogen (secondary N) is 2. The maximum absolute atomic E-state index is 13.1. The van der Waals surface area contributed by atoms with Gasteiger partial charge in [-0.25, -0.2) is 4.39 Å². The number of rotatable bonds is 8. The van der Waals surface area contributed by atoms with Gasteiger partial charge in [0.15, 0.2) is 0 Å². The maximum atomic E-state index is 13.1. The molecule has 9 heteroatoms. The second-order valence-electron chi connectivity index (χ2n) is 8.52. The second kappa shape index (κ2) is 12.1. The number of piperazine rings is 1. The molecule has 3 aromatic rings. The van der Waals surface area contributed by atoms with Crippen molar-refractivity contribution in [2.75, 3.05) is 44.7 Å². The molecule has 1 aromatic heterocycles. The fourth-order valence-electron chi connectivity index (χ4n) is 4.33. The third-order valence-corrected chi connectivity index (χ3v) is 6.28. The van der Waals surface area contributed by atoms with Crippen LogP contribution in [0.1, 0.15) is 17.2 Å². The number of para-hydroxylation sites is 2. The zero-order valence-electron chi connectivity index (χ0n) is 20.2. The minimum absolute atomic E-state index is 0.132. The smallest absolute Gasteiger partial charge is 0.309 e.